The molecule has 0 aromatic heterocycles. The molecule has 3 rings (SSSR count). The van der Waals surface area contributed by atoms with E-state index in [-0.39, 0.29) is 0 Å². The second kappa shape index (κ2) is 4.02. The summed E-state index contributed by atoms with van der Waals surface area (Å²) in [6.07, 6.45) is 7.74. The van der Waals surface area contributed by atoms with Gasteiger partial charge in [-0.1, -0.05) is 44.0 Å². The third kappa shape index (κ3) is 1.64. The van der Waals surface area contributed by atoms with E-state index in [1.54, 1.807) is 5.56 Å². The van der Waals surface area contributed by atoms with Crippen LogP contribution in [0.5, 0.6) is 0 Å². The summed E-state index contributed by atoms with van der Waals surface area (Å²) in [6, 6.07) is 4.62. The van der Waals surface area contributed by atoms with Crippen molar-refractivity contribution in [1.82, 2.24) is 0 Å². The Labute approximate surface area is 109 Å². The average Bonchev–Trinajstić information content (AvgIpc) is 2.71. The zero-order chi connectivity index (χ0) is 12.0. The van der Waals surface area contributed by atoms with Crippen LogP contribution in [-0.2, 0) is 12.8 Å². The maximum absolute atomic E-state index is 6.56. The number of halogens is 1. The van der Waals surface area contributed by atoms with Crippen LogP contribution in [0, 0.1) is 5.41 Å². The van der Waals surface area contributed by atoms with Gasteiger partial charge < -0.3 is 0 Å². The van der Waals surface area contributed by atoms with Gasteiger partial charge in [0.2, 0.25) is 0 Å². The van der Waals surface area contributed by atoms with Gasteiger partial charge >= 0.3 is 0 Å². The van der Waals surface area contributed by atoms with Crippen LogP contribution in [0.2, 0.25) is 5.02 Å². The summed E-state index contributed by atoms with van der Waals surface area (Å²) in [4.78, 5) is 0. The van der Waals surface area contributed by atoms with Gasteiger partial charge in [-0.15, -0.1) is 0 Å². The molecule has 92 valence electrons. The van der Waals surface area contributed by atoms with E-state index in [9.17, 15) is 0 Å². The zero-order valence-electron chi connectivity index (χ0n) is 10.9. The summed E-state index contributed by atoms with van der Waals surface area (Å²) in [5, 5.41) is 1.07. The van der Waals surface area contributed by atoms with Crippen LogP contribution in [-0.4, -0.2) is 0 Å². The quantitative estimate of drug-likeness (QED) is 0.647. The van der Waals surface area contributed by atoms with Crippen molar-refractivity contribution in [2.75, 3.05) is 0 Å². The predicted octanol–water partition coefficient (Wildman–Crippen LogP) is 5.12. The summed E-state index contributed by atoms with van der Waals surface area (Å²) in [5.41, 5.74) is 4.92. The number of benzene rings is 1. The summed E-state index contributed by atoms with van der Waals surface area (Å²) in [7, 11) is 0. The largest absolute Gasteiger partial charge is 0.0837 e. The lowest BCUT2D eigenvalue weighted by molar-refractivity contribution is 0.252. The second-order valence-electron chi connectivity index (χ2n) is 6.06. The SMILES string of the molecule is CCc1ccc2c(c1Cl)CC[C@@]1(C)CCC[C@@H]21. The Bertz CT molecular complexity index is 449. The number of rotatable bonds is 1. The molecule has 0 spiro atoms. The fraction of sp³-hybridized carbons (Fsp3) is 0.625. The first-order valence-corrected chi connectivity index (χ1v) is 7.33. The van der Waals surface area contributed by atoms with Crippen molar-refractivity contribution >= 4 is 11.6 Å². The molecule has 0 aliphatic heterocycles. The van der Waals surface area contributed by atoms with Crippen molar-refractivity contribution in [1.29, 1.82) is 0 Å². The number of hydrogen-bond donors (Lipinski definition) is 0. The van der Waals surface area contributed by atoms with Gasteiger partial charge in [0, 0.05) is 5.02 Å². The highest BCUT2D eigenvalue weighted by molar-refractivity contribution is 6.32. The van der Waals surface area contributed by atoms with Crippen LogP contribution >= 0.6 is 11.6 Å². The first-order chi connectivity index (χ1) is 8.15. The molecule has 1 aromatic carbocycles. The molecule has 0 saturated heterocycles. The van der Waals surface area contributed by atoms with Gasteiger partial charge in [-0.05, 0) is 60.1 Å². The summed E-state index contributed by atoms with van der Waals surface area (Å²) < 4.78 is 0. The van der Waals surface area contributed by atoms with Crippen LogP contribution in [0.15, 0.2) is 12.1 Å². The molecule has 1 aromatic rings. The number of hydrogen-bond acceptors (Lipinski definition) is 0. The Hall–Kier alpha value is -0.490. The topological polar surface area (TPSA) is 0 Å². The minimum Gasteiger partial charge on any atom is -0.0837 e. The predicted molar refractivity (Wildman–Crippen MR) is 73.9 cm³/mol. The van der Waals surface area contributed by atoms with Crippen LogP contribution in [0.1, 0.15) is 62.1 Å². The molecule has 0 bridgehead atoms. The van der Waals surface area contributed by atoms with E-state index in [0.717, 1.165) is 17.4 Å². The van der Waals surface area contributed by atoms with Gasteiger partial charge in [-0.2, -0.15) is 0 Å². The third-order valence-electron chi connectivity index (χ3n) is 5.14. The van der Waals surface area contributed by atoms with Crippen molar-refractivity contribution in [3.8, 4) is 0 Å². The Morgan fingerprint density at radius 2 is 2.18 bits per heavy atom. The molecule has 1 fully saturated rings. The van der Waals surface area contributed by atoms with E-state index in [0.29, 0.717) is 5.41 Å². The summed E-state index contributed by atoms with van der Waals surface area (Å²) in [5.74, 6) is 0.773. The number of aryl methyl sites for hydroxylation is 1. The number of fused-ring (bicyclic) bond motifs is 3. The molecule has 1 heteroatoms. The van der Waals surface area contributed by atoms with E-state index in [1.807, 2.05) is 0 Å². The molecule has 0 amide bonds. The molecular formula is C16H21Cl. The molecule has 0 radical (unpaired) electrons. The first kappa shape index (κ1) is 11.6. The van der Waals surface area contributed by atoms with Gasteiger partial charge in [0.25, 0.3) is 0 Å². The van der Waals surface area contributed by atoms with Crippen LogP contribution in [0.3, 0.4) is 0 Å². The Kier molecular flexibility index (Phi) is 2.74. The molecule has 1 saturated carbocycles. The minimum absolute atomic E-state index is 0.560. The Morgan fingerprint density at radius 3 is 2.94 bits per heavy atom. The lowest BCUT2D eigenvalue weighted by Crippen LogP contribution is -2.26. The normalized spacial score (nSPS) is 31.1. The van der Waals surface area contributed by atoms with E-state index in [4.69, 9.17) is 11.6 Å². The Balaban J connectivity index is 2.11. The van der Waals surface area contributed by atoms with Crippen molar-refractivity contribution in [3.63, 3.8) is 0 Å². The van der Waals surface area contributed by atoms with Crippen LogP contribution in [0.25, 0.3) is 0 Å². The van der Waals surface area contributed by atoms with E-state index in [2.05, 4.69) is 26.0 Å². The maximum atomic E-state index is 6.56. The molecule has 17 heavy (non-hydrogen) atoms. The highest BCUT2D eigenvalue weighted by Gasteiger charge is 2.43. The molecule has 2 atom stereocenters. The molecule has 0 N–H and O–H groups in total. The third-order valence-corrected chi connectivity index (χ3v) is 5.61. The zero-order valence-corrected chi connectivity index (χ0v) is 11.6. The first-order valence-electron chi connectivity index (χ1n) is 6.96. The van der Waals surface area contributed by atoms with Crippen LogP contribution < -0.4 is 0 Å². The fourth-order valence-corrected chi connectivity index (χ4v) is 4.41. The smallest absolute Gasteiger partial charge is 0.0472 e. The van der Waals surface area contributed by atoms with Gasteiger partial charge in [0.05, 0.1) is 0 Å². The second-order valence-corrected chi connectivity index (χ2v) is 6.44. The molecule has 0 heterocycles. The van der Waals surface area contributed by atoms with Crippen molar-refractivity contribution in [2.24, 2.45) is 5.41 Å². The van der Waals surface area contributed by atoms with Crippen molar-refractivity contribution in [3.05, 3.63) is 33.8 Å². The van der Waals surface area contributed by atoms with E-state index < -0.39 is 0 Å². The lowest BCUT2D eigenvalue weighted by Gasteiger charge is -2.38. The lowest BCUT2D eigenvalue weighted by atomic mass is 9.67. The molecule has 0 unspecified atom stereocenters. The van der Waals surface area contributed by atoms with Crippen LogP contribution in [0.4, 0.5) is 0 Å². The monoisotopic (exact) mass is 248 g/mol. The van der Waals surface area contributed by atoms with Gasteiger partial charge in [-0.3, -0.25) is 0 Å². The Morgan fingerprint density at radius 1 is 1.35 bits per heavy atom. The summed E-state index contributed by atoms with van der Waals surface area (Å²) in [6.45, 7) is 4.67. The van der Waals surface area contributed by atoms with Gasteiger partial charge in [-0.25, -0.2) is 0 Å². The summed E-state index contributed by atoms with van der Waals surface area (Å²) >= 11 is 6.56. The highest BCUT2D eigenvalue weighted by Crippen LogP contribution is 2.56. The van der Waals surface area contributed by atoms with Gasteiger partial charge in [0.15, 0.2) is 0 Å². The maximum Gasteiger partial charge on any atom is 0.0472 e. The average molecular weight is 249 g/mol. The molecular weight excluding hydrogens is 228 g/mol. The minimum atomic E-state index is 0.560. The standard InChI is InChI=1S/C16H21Cl/c1-3-11-6-7-12-13(15(11)17)8-10-16(2)9-4-5-14(12)16/h6-7,14H,3-5,8-10H2,1-2H3/t14-,16+/m0/s1. The molecule has 2 aliphatic rings. The molecule has 2 aliphatic carbocycles. The fourth-order valence-electron chi connectivity index (χ4n) is 4.01. The van der Waals surface area contributed by atoms with Crippen molar-refractivity contribution < 1.29 is 0 Å². The van der Waals surface area contributed by atoms with Crippen molar-refractivity contribution in [2.45, 2.75) is 58.3 Å². The van der Waals surface area contributed by atoms with E-state index in [1.165, 1.54) is 43.2 Å². The molecule has 0 nitrogen and oxygen atoms in total. The van der Waals surface area contributed by atoms with Gasteiger partial charge in [0.1, 0.15) is 0 Å². The van der Waals surface area contributed by atoms with E-state index >= 15 is 0 Å². The highest BCUT2D eigenvalue weighted by atomic mass is 35.5.